The molecule has 284 valence electrons. The minimum Gasteiger partial charge on any atom is -0.455 e. The van der Waals surface area contributed by atoms with Gasteiger partial charge >= 0.3 is 0 Å². The van der Waals surface area contributed by atoms with Crippen LogP contribution in [0.3, 0.4) is 0 Å². The smallest absolute Gasteiger partial charge is 0.167 e. The summed E-state index contributed by atoms with van der Waals surface area (Å²) in [5.41, 5.74) is 9.71. The Bertz CT molecular complexity index is 3880. The van der Waals surface area contributed by atoms with Crippen molar-refractivity contribution in [3.05, 3.63) is 194 Å². The second-order valence-electron chi connectivity index (χ2n) is 15.6. The monoisotopic (exact) mass is 796 g/mol. The maximum absolute atomic E-state index is 6.78. The Labute approximate surface area is 353 Å². The van der Waals surface area contributed by atoms with Crippen LogP contribution < -0.4 is 0 Å². The molecule has 0 saturated heterocycles. The molecule has 0 aliphatic heterocycles. The highest BCUT2D eigenvalue weighted by Gasteiger charge is 2.22. The van der Waals surface area contributed by atoms with E-state index in [-0.39, 0.29) is 0 Å². The quantitative estimate of drug-likeness (QED) is 0.174. The first-order valence-electron chi connectivity index (χ1n) is 20.4. The Morgan fingerprint density at radius 2 is 1.00 bits per heavy atom. The average molecular weight is 797 g/mol. The first kappa shape index (κ1) is 34.0. The molecule has 0 saturated carbocycles. The highest BCUT2D eigenvalue weighted by molar-refractivity contribution is 7.25. The molecule has 0 aliphatic rings. The molecule has 0 unspecified atom stereocenters. The van der Waals surface area contributed by atoms with Gasteiger partial charge in [0.25, 0.3) is 0 Å². The molecular formula is C55H32N4OS. The molecule has 4 heterocycles. The number of hydrogen-bond acceptors (Lipinski definition) is 5. The largest absolute Gasteiger partial charge is 0.455 e. The van der Waals surface area contributed by atoms with Crippen molar-refractivity contribution < 1.29 is 4.42 Å². The molecule has 0 aliphatic carbocycles. The van der Waals surface area contributed by atoms with Crippen LogP contribution in [-0.2, 0) is 0 Å². The number of thiophene rings is 1. The van der Waals surface area contributed by atoms with E-state index >= 15 is 0 Å². The van der Waals surface area contributed by atoms with Crippen LogP contribution in [0.15, 0.2) is 199 Å². The standard InChI is InChI=1S/C55H32N4OS/c1-2-12-33(13-3-1)34-22-24-35(25-23-34)53-56-54(38-26-27-43-42-18-8-11-21-50(42)61-51(43)30-38)58-55(57-53)46-32-39(31-45-41-17-7-10-20-49(41)60-52(45)46)59-47-19-9-6-16-40(47)44-28-36-14-4-5-15-37(36)29-48(44)59/h1-32H. The van der Waals surface area contributed by atoms with Crippen LogP contribution in [0.1, 0.15) is 0 Å². The predicted molar refractivity (Wildman–Crippen MR) is 254 cm³/mol. The van der Waals surface area contributed by atoms with Crippen LogP contribution in [0.2, 0.25) is 0 Å². The summed E-state index contributed by atoms with van der Waals surface area (Å²) in [6.07, 6.45) is 0. The molecule has 0 N–H and O–H groups in total. The summed E-state index contributed by atoms with van der Waals surface area (Å²) in [5, 5.41) is 9.32. The number of fused-ring (bicyclic) bond motifs is 10. The Hall–Kier alpha value is -7.93. The Kier molecular flexibility index (Phi) is 7.41. The van der Waals surface area contributed by atoms with Gasteiger partial charge in [0.15, 0.2) is 17.5 Å². The Balaban J connectivity index is 1.08. The van der Waals surface area contributed by atoms with Gasteiger partial charge in [-0.05, 0) is 70.4 Å². The van der Waals surface area contributed by atoms with Crippen LogP contribution in [-0.4, -0.2) is 19.5 Å². The molecule has 0 atom stereocenters. The molecule has 61 heavy (non-hydrogen) atoms. The number of rotatable bonds is 5. The number of benzene rings is 9. The molecule has 6 heteroatoms. The molecule has 0 spiro atoms. The molecular weight excluding hydrogens is 765 g/mol. The molecule has 9 aromatic carbocycles. The fourth-order valence-electron chi connectivity index (χ4n) is 9.10. The Morgan fingerprint density at radius 3 is 1.85 bits per heavy atom. The van der Waals surface area contributed by atoms with Crippen molar-refractivity contribution in [3.63, 3.8) is 0 Å². The minimum absolute atomic E-state index is 0.542. The maximum atomic E-state index is 6.78. The van der Waals surface area contributed by atoms with Crippen molar-refractivity contribution >= 4 is 86.0 Å². The van der Waals surface area contributed by atoms with Gasteiger partial charge in [-0.3, -0.25) is 0 Å². The van der Waals surface area contributed by atoms with Crippen LogP contribution in [0.5, 0.6) is 0 Å². The molecule has 0 amide bonds. The number of aromatic nitrogens is 4. The third kappa shape index (κ3) is 5.43. The van der Waals surface area contributed by atoms with Gasteiger partial charge in [0.2, 0.25) is 0 Å². The number of hydrogen-bond donors (Lipinski definition) is 0. The first-order valence-corrected chi connectivity index (χ1v) is 21.2. The average Bonchev–Trinajstić information content (AvgIpc) is 4.00. The zero-order valence-corrected chi connectivity index (χ0v) is 33.4. The van der Waals surface area contributed by atoms with E-state index in [1.165, 1.54) is 41.7 Å². The zero-order valence-electron chi connectivity index (χ0n) is 32.6. The van der Waals surface area contributed by atoms with Crippen LogP contribution in [0.25, 0.3) is 126 Å². The predicted octanol–water partition coefficient (Wildman–Crippen LogP) is 15.1. The van der Waals surface area contributed by atoms with E-state index in [0.717, 1.165) is 66.5 Å². The molecule has 13 rings (SSSR count). The van der Waals surface area contributed by atoms with Crippen molar-refractivity contribution in [2.45, 2.75) is 0 Å². The summed E-state index contributed by atoms with van der Waals surface area (Å²) in [7, 11) is 0. The molecule has 0 bridgehead atoms. The lowest BCUT2D eigenvalue weighted by Gasteiger charge is -2.13. The van der Waals surface area contributed by atoms with Gasteiger partial charge in [0.05, 0.1) is 16.6 Å². The normalized spacial score (nSPS) is 11.9. The second-order valence-corrected chi connectivity index (χ2v) is 16.7. The van der Waals surface area contributed by atoms with Crippen molar-refractivity contribution in [2.24, 2.45) is 0 Å². The molecule has 0 radical (unpaired) electrons. The topological polar surface area (TPSA) is 56.7 Å². The van der Waals surface area contributed by atoms with E-state index in [1.807, 2.05) is 18.2 Å². The third-order valence-corrected chi connectivity index (χ3v) is 13.2. The van der Waals surface area contributed by atoms with Crippen LogP contribution >= 0.6 is 11.3 Å². The van der Waals surface area contributed by atoms with Gasteiger partial charge in [-0.25, -0.2) is 15.0 Å². The van der Waals surface area contributed by atoms with Gasteiger partial charge in [0, 0.05) is 58.5 Å². The summed E-state index contributed by atoms with van der Waals surface area (Å²) in [5.74, 6) is 1.74. The Morgan fingerprint density at radius 1 is 0.377 bits per heavy atom. The van der Waals surface area contributed by atoms with Crippen LogP contribution in [0.4, 0.5) is 0 Å². The lowest BCUT2D eigenvalue weighted by atomic mass is 10.0. The lowest BCUT2D eigenvalue weighted by Crippen LogP contribution is -2.01. The van der Waals surface area contributed by atoms with E-state index in [1.54, 1.807) is 11.3 Å². The van der Waals surface area contributed by atoms with Gasteiger partial charge < -0.3 is 8.98 Å². The fourth-order valence-corrected chi connectivity index (χ4v) is 10.2. The van der Waals surface area contributed by atoms with Crippen molar-refractivity contribution in [2.75, 3.05) is 0 Å². The first-order chi connectivity index (χ1) is 30.2. The highest BCUT2D eigenvalue weighted by atomic mass is 32.1. The van der Waals surface area contributed by atoms with Gasteiger partial charge in [-0.2, -0.15) is 0 Å². The van der Waals surface area contributed by atoms with Crippen molar-refractivity contribution in [1.82, 2.24) is 19.5 Å². The van der Waals surface area contributed by atoms with Gasteiger partial charge in [-0.15, -0.1) is 11.3 Å². The van der Waals surface area contributed by atoms with E-state index in [0.29, 0.717) is 17.5 Å². The molecule has 5 nitrogen and oxygen atoms in total. The van der Waals surface area contributed by atoms with E-state index in [4.69, 9.17) is 19.4 Å². The summed E-state index contributed by atoms with van der Waals surface area (Å²) < 4.78 is 11.6. The minimum atomic E-state index is 0.542. The summed E-state index contributed by atoms with van der Waals surface area (Å²) in [6.45, 7) is 0. The molecule has 13 aromatic rings. The van der Waals surface area contributed by atoms with Crippen molar-refractivity contribution in [1.29, 1.82) is 0 Å². The maximum Gasteiger partial charge on any atom is 0.167 e. The summed E-state index contributed by atoms with van der Waals surface area (Å²) in [4.78, 5) is 15.9. The lowest BCUT2D eigenvalue weighted by molar-refractivity contribution is 0.669. The summed E-state index contributed by atoms with van der Waals surface area (Å²) in [6, 6.07) is 68.6. The zero-order chi connectivity index (χ0) is 40.0. The second kappa shape index (κ2) is 13.3. The van der Waals surface area contributed by atoms with E-state index < -0.39 is 0 Å². The van der Waals surface area contributed by atoms with Crippen LogP contribution in [0, 0.1) is 0 Å². The van der Waals surface area contributed by atoms with Gasteiger partial charge in [0.1, 0.15) is 11.2 Å². The highest BCUT2D eigenvalue weighted by Crippen LogP contribution is 2.42. The number of furan rings is 1. The summed E-state index contributed by atoms with van der Waals surface area (Å²) >= 11 is 1.79. The number of nitrogens with zero attached hydrogens (tertiary/aromatic N) is 4. The van der Waals surface area contributed by atoms with Gasteiger partial charge in [-0.1, -0.05) is 146 Å². The fraction of sp³-hybridized carbons (Fsp3) is 0. The number of para-hydroxylation sites is 2. The molecule has 0 fully saturated rings. The molecule has 4 aromatic heterocycles. The van der Waals surface area contributed by atoms with E-state index in [9.17, 15) is 0 Å². The van der Waals surface area contributed by atoms with E-state index in [2.05, 4.69) is 180 Å². The van der Waals surface area contributed by atoms with Crippen molar-refractivity contribution in [3.8, 4) is 51.0 Å². The SMILES string of the molecule is c1ccc(-c2ccc(-c3nc(-c4ccc5c(c4)sc4ccccc45)nc(-c4cc(-n5c6ccccc6c6cc7ccccc7cc65)cc5c4oc4ccccc45)n3)cc2)cc1. The third-order valence-electron chi connectivity index (χ3n) is 12.0.